The fraction of sp³-hybridized carbons (Fsp3) is 0. The van der Waals surface area contributed by atoms with Gasteiger partial charge < -0.3 is 29.7 Å². The number of benzene rings is 2. The van der Waals surface area contributed by atoms with E-state index in [4.69, 9.17) is 13.7 Å². The molecule has 0 aromatic heterocycles. The second kappa shape index (κ2) is 7.75. The zero-order chi connectivity index (χ0) is 25.9. The predicted molar refractivity (Wildman–Crippen MR) is 98.5 cm³/mol. The quantitative estimate of drug-likeness (QED) is 0.0891. The van der Waals surface area contributed by atoms with Gasteiger partial charge in [0.1, 0.15) is 10.6 Å². The molecule has 2 rings (SSSR count). The molecule has 21 heteroatoms. The van der Waals surface area contributed by atoms with Crippen LogP contribution in [0.25, 0.3) is 0 Å². The van der Waals surface area contributed by atoms with Crippen molar-refractivity contribution in [1.29, 1.82) is 0 Å². The first-order chi connectivity index (χ1) is 14.6. The summed E-state index contributed by atoms with van der Waals surface area (Å²) >= 11 is 0. The van der Waals surface area contributed by atoms with E-state index in [-0.39, 0.29) is 12.1 Å². The van der Waals surface area contributed by atoms with E-state index in [1.165, 1.54) is 0 Å². The fourth-order valence-corrected chi connectivity index (χ4v) is 5.38. The van der Waals surface area contributed by atoms with Crippen molar-refractivity contribution in [2.45, 2.75) is 19.6 Å². The molecule has 0 aliphatic rings. The molecular weight excluding hydrogens is 544 g/mol. The Morgan fingerprint density at radius 3 is 1.45 bits per heavy atom. The molecule has 0 spiro atoms. The third-order valence-corrected chi connectivity index (χ3v) is 7.53. The van der Waals surface area contributed by atoms with E-state index in [1.807, 2.05) is 0 Å². The molecule has 0 amide bonds. The number of phenolic OH excluding ortho intramolecular Hbond substituents is 5. The van der Waals surface area contributed by atoms with Gasteiger partial charge in [0, 0.05) is 12.1 Å². The van der Waals surface area contributed by atoms with Crippen molar-refractivity contribution in [3.8, 4) is 34.5 Å². The van der Waals surface area contributed by atoms with Gasteiger partial charge in [-0.3, -0.25) is 13.7 Å². The Hall–Kier alpha value is -3.08. The van der Waals surface area contributed by atoms with Crippen molar-refractivity contribution >= 4 is 40.5 Å². The molecular formula is C12H10O17S4. The van der Waals surface area contributed by atoms with Gasteiger partial charge in [-0.2, -0.15) is 33.7 Å². The Balaban J connectivity index is 2.87. The summed E-state index contributed by atoms with van der Waals surface area (Å²) in [6.07, 6.45) is 0. The minimum absolute atomic E-state index is 0.0850. The smallest absolute Gasteiger partial charge is 0.343 e. The molecule has 2 aromatic rings. The summed E-state index contributed by atoms with van der Waals surface area (Å²) in [6, 6.07) is -0.214. The molecule has 2 aromatic carbocycles. The molecule has 0 fully saturated rings. The van der Waals surface area contributed by atoms with Gasteiger partial charge in [-0.25, -0.2) is 0 Å². The van der Waals surface area contributed by atoms with E-state index < -0.39 is 94.6 Å². The maximum Gasteiger partial charge on any atom is 0.343 e. The normalized spacial score (nSPS) is 13.1. The highest BCUT2D eigenvalue weighted by Gasteiger charge is 2.36. The van der Waals surface area contributed by atoms with Crippen LogP contribution in [0.1, 0.15) is 0 Å². The highest BCUT2D eigenvalue weighted by molar-refractivity contribution is 7.88. The summed E-state index contributed by atoms with van der Waals surface area (Å²) in [5.41, 5.74) is 0. The Morgan fingerprint density at radius 1 is 0.545 bits per heavy atom. The van der Waals surface area contributed by atoms with E-state index in [9.17, 15) is 59.2 Å². The number of aromatic hydroxyl groups is 5. The Bertz CT molecular complexity index is 1600. The Morgan fingerprint density at radius 2 is 1.03 bits per heavy atom. The zero-order valence-corrected chi connectivity index (χ0v) is 18.3. The summed E-state index contributed by atoms with van der Waals surface area (Å²) in [6.45, 7) is 0. The molecule has 0 saturated heterocycles. The lowest BCUT2D eigenvalue weighted by molar-refractivity contribution is 0.359. The molecule has 0 heterocycles. The Kier molecular flexibility index (Phi) is 6.15. The average molecular weight is 554 g/mol. The summed E-state index contributed by atoms with van der Waals surface area (Å²) in [5.74, 6) is -11.0. The molecule has 0 aliphatic carbocycles. The molecule has 8 N–H and O–H groups in total. The standard InChI is InChI=1S/C12H10O17S4/c13-3-1-6(8(15)10(17)11(3)31(21,22)23)33(27,28)29-4-2-5(30(18,19)20)9(16)12(7(4)14)32(24,25)26/h1-2,13-17H,(H,18,19,20)(H,21,22,23)(H,24,25,26). The largest absolute Gasteiger partial charge is 0.506 e. The number of phenols is 5. The van der Waals surface area contributed by atoms with Gasteiger partial charge in [-0.05, 0) is 0 Å². The van der Waals surface area contributed by atoms with E-state index >= 15 is 0 Å². The van der Waals surface area contributed by atoms with Crippen LogP contribution in [0.2, 0.25) is 0 Å². The molecule has 184 valence electrons. The summed E-state index contributed by atoms with van der Waals surface area (Å²) < 4.78 is 124. The molecule has 0 saturated carbocycles. The lowest BCUT2D eigenvalue weighted by atomic mass is 10.3. The Labute approximate surface area is 183 Å². The summed E-state index contributed by atoms with van der Waals surface area (Å²) in [7, 11) is -22.3. The first-order valence-electron chi connectivity index (χ1n) is 7.34. The van der Waals surface area contributed by atoms with E-state index in [0.717, 1.165) is 0 Å². The number of hydrogen-bond donors (Lipinski definition) is 8. The van der Waals surface area contributed by atoms with Crippen LogP contribution in [0.5, 0.6) is 34.5 Å². The lowest BCUT2D eigenvalue weighted by Gasteiger charge is -2.15. The van der Waals surface area contributed by atoms with Crippen LogP contribution in [0.3, 0.4) is 0 Å². The minimum atomic E-state index is -5.71. The summed E-state index contributed by atoms with van der Waals surface area (Å²) in [4.78, 5) is -7.21. The van der Waals surface area contributed by atoms with Gasteiger partial charge in [0.05, 0.1) is 0 Å². The number of rotatable bonds is 6. The van der Waals surface area contributed by atoms with Crippen molar-refractivity contribution < 1.29 is 77.0 Å². The van der Waals surface area contributed by atoms with Crippen molar-refractivity contribution in [3.05, 3.63) is 12.1 Å². The van der Waals surface area contributed by atoms with E-state index in [1.54, 1.807) is 0 Å². The third-order valence-electron chi connectivity index (χ3n) is 3.59. The van der Waals surface area contributed by atoms with Crippen LogP contribution in [-0.4, -0.2) is 72.9 Å². The van der Waals surface area contributed by atoms with Gasteiger partial charge >= 0.3 is 30.4 Å². The van der Waals surface area contributed by atoms with Gasteiger partial charge in [0.2, 0.25) is 0 Å². The van der Waals surface area contributed by atoms with Gasteiger partial charge in [-0.15, -0.1) is 0 Å². The lowest BCUT2D eigenvalue weighted by Crippen LogP contribution is -2.13. The first kappa shape index (κ1) is 26.2. The van der Waals surface area contributed by atoms with Crippen LogP contribution >= 0.6 is 0 Å². The maximum atomic E-state index is 12.4. The maximum absolute atomic E-state index is 12.4. The molecule has 0 bridgehead atoms. The van der Waals surface area contributed by atoms with Gasteiger partial charge in [0.15, 0.2) is 43.4 Å². The fourth-order valence-electron chi connectivity index (χ4n) is 2.31. The molecule has 33 heavy (non-hydrogen) atoms. The molecule has 0 aliphatic heterocycles. The molecule has 0 atom stereocenters. The third kappa shape index (κ3) is 4.82. The van der Waals surface area contributed by atoms with Crippen molar-refractivity contribution in [2.24, 2.45) is 0 Å². The summed E-state index contributed by atoms with van der Waals surface area (Å²) in [5, 5.41) is 48.6. The molecule has 0 unspecified atom stereocenters. The van der Waals surface area contributed by atoms with E-state index in [2.05, 4.69) is 4.18 Å². The molecule has 0 radical (unpaired) electrons. The van der Waals surface area contributed by atoms with E-state index in [0.29, 0.717) is 0 Å². The highest BCUT2D eigenvalue weighted by atomic mass is 32.2. The van der Waals surface area contributed by atoms with Crippen molar-refractivity contribution in [2.75, 3.05) is 0 Å². The van der Waals surface area contributed by atoms with Crippen LogP contribution in [0.15, 0.2) is 31.7 Å². The average Bonchev–Trinajstić information content (AvgIpc) is 2.57. The molecule has 17 nitrogen and oxygen atoms in total. The monoisotopic (exact) mass is 554 g/mol. The van der Waals surface area contributed by atoms with Gasteiger partial charge in [-0.1, -0.05) is 0 Å². The topological polar surface area (TPSA) is 308 Å². The predicted octanol–water partition coefficient (Wildman–Crippen LogP) is -1.28. The minimum Gasteiger partial charge on any atom is -0.506 e. The van der Waals surface area contributed by atoms with Crippen LogP contribution < -0.4 is 4.18 Å². The van der Waals surface area contributed by atoms with Crippen molar-refractivity contribution in [3.63, 3.8) is 0 Å². The van der Waals surface area contributed by atoms with Crippen LogP contribution in [0.4, 0.5) is 0 Å². The zero-order valence-electron chi connectivity index (χ0n) is 15.0. The van der Waals surface area contributed by atoms with Crippen molar-refractivity contribution in [1.82, 2.24) is 0 Å². The number of hydrogen-bond acceptors (Lipinski definition) is 14. The van der Waals surface area contributed by atoms with Crippen LogP contribution in [0, 0.1) is 0 Å². The SMILES string of the molecule is O=S(=O)(O)c1cc(OS(=O)(=O)c2cc(O)c(S(=O)(=O)O)c(O)c2O)c(O)c(S(=O)(=O)O)c1O. The second-order valence-electron chi connectivity index (χ2n) is 5.78. The second-order valence-corrected chi connectivity index (χ2v) is 11.4. The van der Waals surface area contributed by atoms with Crippen LogP contribution in [-0.2, 0) is 40.5 Å². The highest BCUT2D eigenvalue weighted by Crippen LogP contribution is 2.47. The van der Waals surface area contributed by atoms with Gasteiger partial charge in [0.25, 0.3) is 10.1 Å². The first-order valence-corrected chi connectivity index (χ1v) is 13.1.